The molecular weight excluding hydrogens is 536 g/mol. The first-order chi connectivity index (χ1) is 18.9. The second-order valence-corrected chi connectivity index (χ2v) is 12.1. The number of phenolic OH excluding ortho intramolecular Hbond substituents is 1. The molecule has 13 nitrogen and oxygen atoms in total. The van der Waals surface area contributed by atoms with Crippen molar-refractivity contribution in [1.29, 1.82) is 0 Å². The topological polar surface area (TPSA) is 223 Å². The van der Waals surface area contributed by atoms with E-state index in [-0.39, 0.29) is 23.3 Å². The number of rotatable bonds is 5. The highest BCUT2D eigenvalue weighted by Crippen LogP contribution is 2.56. The molecule has 13 heteroatoms. The van der Waals surface area contributed by atoms with Crippen molar-refractivity contribution in [2.45, 2.75) is 56.9 Å². The molecule has 0 aromatic heterocycles. The zero-order valence-corrected chi connectivity index (χ0v) is 23.6. The predicted octanol–water partition coefficient (Wildman–Crippen LogP) is -0.178. The molecule has 1 aromatic rings. The predicted molar refractivity (Wildman–Crippen MR) is 147 cm³/mol. The van der Waals surface area contributed by atoms with Gasteiger partial charge in [0.2, 0.25) is 11.7 Å². The number of nitrogens with one attached hydrogen (secondary N) is 2. The lowest BCUT2D eigenvalue weighted by molar-refractivity contribution is -0.169. The highest BCUT2D eigenvalue weighted by molar-refractivity contribution is 6.24. The Balaban J connectivity index is 1.88. The van der Waals surface area contributed by atoms with E-state index in [4.69, 9.17) is 5.73 Å². The first kappa shape index (κ1) is 30.2. The Morgan fingerprint density at radius 2 is 1.73 bits per heavy atom. The average Bonchev–Trinajstić information content (AvgIpc) is 2.85. The lowest BCUT2D eigenvalue weighted by atomic mass is 9.54. The summed E-state index contributed by atoms with van der Waals surface area (Å²) < 4.78 is 0. The third-order valence-corrected chi connectivity index (χ3v) is 8.18. The second-order valence-electron chi connectivity index (χ2n) is 12.1. The number of Topliss-reactive ketones (excluding diaryl/α,β-unsaturated/α-hetero) is 2. The highest BCUT2D eigenvalue weighted by Gasteiger charge is 2.68. The maximum atomic E-state index is 14.0. The number of amides is 2. The molecule has 222 valence electrons. The van der Waals surface area contributed by atoms with Gasteiger partial charge >= 0.3 is 0 Å². The number of benzene rings is 1. The van der Waals surface area contributed by atoms with Crippen LogP contribution in [-0.4, -0.2) is 97.7 Å². The van der Waals surface area contributed by atoms with Crippen molar-refractivity contribution in [1.82, 2.24) is 10.2 Å². The second kappa shape index (κ2) is 9.94. The minimum Gasteiger partial charge on any atom is -0.508 e. The molecule has 6 atom stereocenters. The van der Waals surface area contributed by atoms with Gasteiger partial charge in [-0.2, -0.15) is 0 Å². The maximum Gasteiger partial charge on any atom is 0.255 e. The van der Waals surface area contributed by atoms with Crippen LogP contribution in [0.5, 0.6) is 5.75 Å². The molecule has 9 N–H and O–H groups in total. The van der Waals surface area contributed by atoms with Crippen LogP contribution in [0.25, 0.3) is 5.76 Å². The smallest absolute Gasteiger partial charge is 0.255 e. The summed E-state index contributed by atoms with van der Waals surface area (Å²) in [5.74, 6) is -10.3. The number of fused-ring (bicyclic) bond motifs is 3. The molecule has 1 fully saturated rings. The number of nitrogens with zero attached hydrogens (tertiary/aromatic N) is 1. The van der Waals surface area contributed by atoms with Crippen molar-refractivity contribution in [3.05, 3.63) is 40.2 Å². The Bertz CT molecular complexity index is 1420. The van der Waals surface area contributed by atoms with Crippen molar-refractivity contribution in [2.75, 3.05) is 26.0 Å². The molecule has 2 amide bonds. The molecule has 3 aliphatic rings. The summed E-state index contributed by atoms with van der Waals surface area (Å²) in [7, 11) is 2.88. The number of hydrogen-bond acceptors (Lipinski definition) is 11. The molecule has 3 aliphatic carbocycles. The van der Waals surface area contributed by atoms with Gasteiger partial charge in [-0.1, -0.05) is 13.0 Å². The molecule has 4 rings (SSSR count). The van der Waals surface area contributed by atoms with Crippen LogP contribution in [0.1, 0.15) is 44.7 Å². The quantitative estimate of drug-likeness (QED) is 0.171. The number of aliphatic hydroxyl groups is 4. The monoisotopic (exact) mass is 572 g/mol. The fourth-order valence-electron chi connectivity index (χ4n) is 6.26. The van der Waals surface area contributed by atoms with Crippen LogP contribution in [0.3, 0.4) is 0 Å². The van der Waals surface area contributed by atoms with Crippen molar-refractivity contribution in [3.63, 3.8) is 0 Å². The van der Waals surface area contributed by atoms with Gasteiger partial charge in [0.05, 0.1) is 35.9 Å². The van der Waals surface area contributed by atoms with Crippen LogP contribution >= 0.6 is 0 Å². The lowest BCUT2D eigenvalue weighted by Crippen LogP contribution is -2.70. The van der Waals surface area contributed by atoms with E-state index in [9.17, 15) is 44.7 Å². The van der Waals surface area contributed by atoms with Crippen LogP contribution in [0.2, 0.25) is 0 Å². The summed E-state index contributed by atoms with van der Waals surface area (Å²) in [6.45, 7) is 7.16. The normalized spacial score (nSPS) is 29.7. The van der Waals surface area contributed by atoms with Gasteiger partial charge in [0.15, 0.2) is 11.4 Å². The van der Waals surface area contributed by atoms with E-state index in [0.717, 1.165) is 0 Å². The summed E-state index contributed by atoms with van der Waals surface area (Å²) in [4.78, 5) is 53.2. The van der Waals surface area contributed by atoms with Gasteiger partial charge in [-0.3, -0.25) is 24.1 Å². The molecule has 0 saturated heterocycles. The Morgan fingerprint density at radius 1 is 1.12 bits per heavy atom. The molecule has 1 aromatic carbocycles. The minimum atomic E-state index is -3.00. The molecule has 1 unspecified atom stereocenters. The van der Waals surface area contributed by atoms with Gasteiger partial charge in [0.25, 0.3) is 5.91 Å². The number of likely N-dealkylation sites (N-methyl/N-ethyl adjacent to an activating group) is 1. The summed E-state index contributed by atoms with van der Waals surface area (Å²) in [6, 6.07) is 1.52. The molecular formula is C28H36N4O9. The van der Waals surface area contributed by atoms with Gasteiger partial charge in [0.1, 0.15) is 22.8 Å². The van der Waals surface area contributed by atoms with Crippen LogP contribution in [0.4, 0.5) is 5.69 Å². The number of ketones is 2. The van der Waals surface area contributed by atoms with Crippen LogP contribution in [-0.2, 0) is 19.2 Å². The lowest BCUT2D eigenvalue weighted by Gasteiger charge is -2.53. The fraction of sp³-hybridized carbons (Fsp3) is 0.500. The standard InChI is InChI=1S/C28H36N4O9/c1-10-11-7-8-12(31-13(33)9-30-27(2,3)4)20(34)15(11)21(35)16-14(10)22(36)18-19(32(5)6)23(37)17(26(29)40)25(39)28(18,41)24(16)38/h7-8,10,14,18-19,22,30,34-36,39,41H,9H2,1-6H3,(H2,29,40)(H,31,33)/t10-,14?,18+,19-,22-,28-/m0/s1. The maximum absolute atomic E-state index is 14.0. The number of hydrogen-bond donors (Lipinski definition) is 8. The Kier molecular flexibility index (Phi) is 7.32. The van der Waals surface area contributed by atoms with E-state index in [2.05, 4.69) is 10.6 Å². The average molecular weight is 573 g/mol. The van der Waals surface area contributed by atoms with E-state index in [1.807, 2.05) is 20.8 Å². The van der Waals surface area contributed by atoms with Crippen molar-refractivity contribution in [2.24, 2.45) is 17.6 Å². The number of primary amides is 1. The minimum absolute atomic E-state index is 0.0580. The van der Waals surface area contributed by atoms with Crippen molar-refractivity contribution >= 4 is 34.8 Å². The Hall–Kier alpha value is -3.78. The third kappa shape index (κ3) is 4.49. The molecule has 0 radical (unpaired) electrons. The van der Waals surface area contributed by atoms with Gasteiger partial charge in [-0.25, -0.2) is 0 Å². The van der Waals surface area contributed by atoms with Gasteiger partial charge < -0.3 is 41.9 Å². The van der Waals surface area contributed by atoms with E-state index in [1.54, 1.807) is 6.92 Å². The SMILES string of the molecule is C[C@H]1c2ccc(NC(=O)CNC(C)(C)C)c(O)c2C(O)=C2C(=O)[C@]3(O)C(O)=C(C(N)=O)C(=O)[C@@H](N(C)C)[C@@H]3[C@@H](O)C21. The number of nitrogens with two attached hydrogens (primary N) is 1. The zero-order chi connectivity index (χ0) is 30.9. The van der Waals surface area contributed by atoms with Crippen LogP contribution in [0, 0.1) is 11.8 Å². The molecule has 0 heterocycles. The summed E-state index contributed by atoms with van der Waals surface area (Å²) >= 11 is 0. The van der Waals surface area contributed by atoms with Crippen molar-refractivity contribution in [3.8, 4) is 5.75 Å². The summed E-state index contributed by atoms with van der Waals surface area (Å²) in [6.07, 6.45) is -1.68. The van der Waals surface area contributed by atoms with Crippen molar-refractivity contribution < 1.29 is 44.7 Å². The zero-order valence-electron chi connectivity index (χ0n) is 23.6. The first-order valence-corrected chi connectivity index (χ1v) is 13.1. The molecule has 0 spiro atoms. The number of aromatic hydroxyl groups is 1. The molecule has 0 bridgehead atoms. The first-order valence-electron chi connectivity index (χ1n) is 13.1. The van der Waals surface area contributed by atoms with Gasteiger partial charge in [-0.05, 0) is 52.4 Å². The molecule has 1 saturated carbocycles. The summed E-state index contributed by atoms with van der Waals surface area (Å²) in [5, 5.41) is 62.4. The number of aliphatic hydroxyl groups excluding tert-OH is 3. The highest BCUT2D eigenvalue weighted by atomic mass is 16.4. The molecule has 0 aliphatic heterocycles. The Morgan fingerprint density at radius 3 is 2.27 bits per heavy atom. The Labute approximate surface area is 236 Å². The number of anilines is 1. The van der Waals surface area contributed by atoms with Crippen LogP contribution < -0.4 is 16.4 Å². The van der Waals surface area contributed by atoms with Gasteiger partial charge in [-0.15, -0.1) is 0 Å². The number of phenols is 1. The van der Waals surface area contributed by atoms with E-state index >= 15 is 0 Å². The summed E-state index contributed by atoms with van der Waals surface area (Å²) in [5.41, 5.74) is 0.547. The largest absolute Gasteiger partial charge is 0.508 e. The molecule has 41 heavy (non-hydrogen) atoms. The fourth-order valence-corrected chi connectivity index (χ4v) is 6.26. The van der Waals surface area contributed by atoms with E-state index in [0.29, 0.717) is 5.56 Å². The van der Waals surface area contributed by atoms with E-state index < -0.39 is 87.3 Å². The third-order valence-electron chi connectivity index (χ3n) is 8.18. The number of carbonyl (C=O) groups is 4. The van der Waals surface area contributed by atoms with Crippen LogP contribution in [0.15, 0.2) is 29.0 Å². The van der Waals surface area contributed by atoms with Gasteiger partial charge in [0, 0.05) is 17.0 Å². The van der Waals surface area contributed by atoms with E-state index in [1.165, 1.54) is 31.1 Å². The number of carbonyl (C=O) groups excluding carboxylic acids is 4.